The van der Waals surface area contributed by atoms with Gasteiger partial charge in [-0.2, -0.15) is 5.26 Å². The first-order chi connectivity index (χ1) is 13.1. The van der Waals surface area contributed by atoms with Crippen LogP contribution in [0.2, 0.25) is 0 Å². The van der Waals surface area contributed by atoms with Crippen molar-refractivity contribution in [1.29, 1.82) is 10.7 Å². The van der Waals surface area contributed by atoms with Crippen molar-refractivity contribution in [2.75, 3.05) is 20.2 Å². The second kappa shape index (κ2) is 6.84. The largest absolute Gasteiger partial charge is 0.495 e. The summed E-state index contributed by atoms with van der Waals surface area (Å²) in [6.45, 7) is 4.07. The summed E-state index contributed by atoms with van der Waals surface area (Å²) < 4.78 is 16.8. The molecule has 3 heterocycles. The molecule has 1 aliphatic rings. The van der Waals surface area contributed by atoms with Gasteiger partial charge in [0.2, 0.25) is 5.55 Å². The number of hydrogen-bond acceptors (Lipinski definition) is 6. The van der Waals surface area contributed by atoms with Crippen LogP contribution in [-0.4, -0.2) is 25.1 Å². The van der Waals surface area contributed by atoms with Gasteiger partial charge in [0.1, 0.15) is 28.5 Å². The van der Waals surface area contributed by atoms with Gasteiger partial charge in [0, 0.05) is 30.4 Å². The van der Waals surface area contributed by atoms with Crippen LogP contribution in [-0.2, 0) is 0 Å². The van der Waals surface area contributed by atoms with Crippen molar-refractivity contribution in [3.63, 3.8) is 0 Å². The van der Waals surface area contributed by atoms with Gasteiger partial charge in [0.25, 0.3) is 0 Å². The predicted molar refractivity (Wildman–Crippen MR) is 102 cm³/mol. The standard InChI is InChI=1S/C21H21N3O3/c1-13(24-7-4-3-5-8-24)10-15-16(12-22)21(23)27-18-11-17-14(6-9-26-17)20(25-2)19(15)18/h6,9-11,23H,3-5,7-8H2,1-2H3/b13-10-,23-21?. The van der Waals surface area contributed by atoms with Crippen LogP contribution in [0.1, 0.15) is 37.3 Å². The quantitative estimate of drug-likeness (QED) is 0.746. The Morgan fingerprint density at radius 3 is 2.78 bits per heavy atom. The molecule has 6 nitrogen and oxygen atoms in total. The van der Waals surface area contributed by atoms with E-state index in [9.17, 15) is 5.26 Å². The third-order valence-electron chi connectivity index (χ3n) is 5.18. The lowest BCUT2D eigenvalue weighted by atomic mass is 10.0. The van der Waals surface area contributed by atoms with Crippen LogP contribution in [0.5, 0.6) is 5.75 Å². The molecule has 0 atom stereocenters. The Labute approximate surface area is 156 Å². The summed E-state index contributed by atoms with van der Waals surface area (Å²) in [5.41, 5.74) is 2.88. The summed E-state index contributed by atoms with van der Waals surface area (Å²) in [5.74, 6) is 0.592. The highest BCUT2D eigenvalue weighted by Crippen LogP contribution is 2.38. The van der Waals surface area contributed by atoms with Gasteiger partial charge >= 0.3 is 0 Å². The molecule has 3 aromatic rings. The lowest BCUT2D eigenvalue weighted by Crippen LogP contribution is -2.27. The van der Waals surface area contributed by atoms with E-state index in [1.807, 2.05) is 12.1 Å². The van der Waals surface area contributed by atoms with Crippen molar-refractivity contribution in [1.82, 2.24) is 4.90 Å². The van der Waals surface area contributed by atoms with Gasteiger partial charge in [-0.05, 0) is 38.3 Å². The zero-order valence-corrected chi connectivity index (χ0v) is 15.5. The number of nitriles is 1. The van der Waals surface area contributed by atoms with Crippen LogP contribution in [0, 0.1) is 16.7 Å². The lowest BCUT2D eigenvalue weighted by molar-refractivity contribution is 0.288. The molecule has 0 radical (unpaired) electrons. The number of ether oxygens (including phenoxy) is 1. The Kier molecular flexibility index (Phi) is 4.36. The number of benzene rings is 1. The molecule has 0 bridgehead atoms. The highest BCUT2D eigenvalue weighted by atomic mass is 16.5. The highest BCUT2D eigenvalue weighted by Gasteiger charge is 2.20. The molecule has 138 valence electrons. The minimum Gasteiger partial charge on any atom is -0.495 e. The van der Waals surface area contributed by atoms with Gasteiger partial charge in [0.05, 0.1) is 24.1 Å². The molecule has 2 aromatic heterocycles. The zero-order chi connectivity index (χ0) is 19.0. The van der Waals surface area contributed by atoms with E-state index in [0.717, 1.165) is 24.2 Å². The first-order valence-corrected chi connectivity index (χ1v) is 9.07. The Bertz CT molecular complexity index is 1140. The molecule has 1 aromatic carbocycles. The van der Waals surface area contributed by atoms with E-state index in [-0.39, 0.29) is 11.1 Å². The molecule has 1 fully saturated rings. The number of rotatable bonds is 3. The van der Waals surface area contributed by atoms with Crippen molar-refractivity contribution in [3.8, 4) is 11.8 Å². The predicted octanol–water partition coefficient (Wildman–Crippen LogP) is 4.39. The van der Waals surface area contributed by atoms with Gasteiger partial charge < -0.3 is 18.5 Å². The van der Waals surface area contributed by atoms with Crippen LogP contribution in [0.15, 0.2) is 32.9 Å². The third kappa shape index (κ3) is 2.85. The number of hydrogen-bond donors (Lipinski definition) is 1. The topological polar surface area (TPSA) is 86.4 Å². The average molecular weight is 363 g/mol. The Morgan fingerprint density at radius 2 is 2.07 bits per heavy atom. The van der Waals surface area contributed by atoms with E-state index in [2.05, 4.69) is 17.9 Å². The van der Waals surface area contributed by atoms with Crippen LogP contribution in [0.4, 0.5) is 0 Å². The molecular weight excluding hydrogens is 342 g/mol. The Balaban J connectivity index is 2.04. The van der Waals surface area contributed by atoms with Crippen LogP contribution >= 0.6 is 0 Å². The Hall–Kier alpha value is -3.20. The fourth-order valence-corrected chi connectivity index (χ4v) is 3.82. The number of fused-ring (bicyclic) bond motifs is 2. The lowest BCUT2D eigenvalue weighted by Gasteiger charge is -2.29. The molecule has 1 N–H and O–H groups in total. The first-order valence-electron chi connectivity index (χ1n) is 9.07. The molecule has 6 heteroatoms. The maximum absolute atomic E-state index is 9.69. The molecule has 27 heavy (non-hydrogen) atoms. The number of nitrogens with zero attached hydrogens (tertiary/aromatic N) is 2. The molecule has 1 aliphatic heterocycles. The molecule has 1 saturated heterocycles. The average Bonchev–Trinajstić information content (AvgIpc) is 3.15. The van der Waals surface area contributed by atoms with Gasteiger partial charge in [-0.1, -0.05) is 0 Å². The van der Waals surface area contributed by atoms with Crippen molar-refractivity contribution in [2.45, 2.75) is 26.2 Å². The molecule has 0 saturated carbocycles. The van der Waals surface area contributed by atoms with E-state index in [1.54, 1.807) is 19.4 Å². The van der Waals surface area contributed by atoms with Crippen LogP contribution in [0.3, 0.4) is 0 Å². The monoisotopic (exact) mass is 363 g/mol. The van der Waals surface area contributed by atoms with E-state index < -0.39 is 0 Å². The van der Waals surface area contributed by atoms with Crippen molar-refractivity contribution >= 4 is 28.0 Å². The van der Waals surface area contributed by atoms with E-state index in [1.165, 1.54) is 19.3 Å². The maximum Gasteiger partial charge on any atom is 0.230 e. The Morgan fingerprint density at radius 1 is 1.30 bits per heavy atom. The number of likely N-dealkylation sites (tertiary alicyclic amines) is 1. The fraction of sp³-hybridized carbons (Fsp3) is 0.333. The van der Waals surface area contributed by atoms with Crippen molar-refractivity contribution in [2.24, 2.45) is 0 Å². The summed E-state index contributed by atoms with van der Waals surface area (Å²) >= 11 is 0. The second-order valence-corrected chi connectivity index (χ2v) is 6.78. The third-order valence-corrected chi connectivity index (χ3v) is 5.18. The molecule has 4 rings (SSSR count). The van der Waals surface area contributed by atoms with Gasteiger partial charge in [-0.15, -0.1) is 0 Å². The van der Waals surface area contributed by atoms with E-state index in [0.29, 0.717) is 27.9 Å². The zero-order valence-electron chi connectivity index (χ0n) is 15.5. The van der Waals surface area contributed by atoms with Gasteiger partial charge in [0.15, 0.2) is 0 Å². The van der Waals surface area contributed by atoms with E-state index >= 15 is 0 Å². The minimum absolute atomic E-state index is 0.157. The van der Waals surface area contributed by atoms with Crippen molar-refractivity contribution in [3.05, 3.63) is 40.8 Å². The number of methoxy groups -OCH3 is 1. The summed E-state index contributed by atoms with van der Waals surface area (Å²) in [6.07, 6.45) is 7.17. The second-order valence-electron chi connectivity index (χ2n) is 6.78. The number of piperidine rings is 1. The molecule has 0 amide bonds. The molecule has 0 unspecified atom stereocenters. The number of furan rings is 1. The summed E-state index contributed by atoms with van der Waals surface area (Å²) in [5, 5.41) is 19.4. The fourth-order valence-electron chi connectivity index (χ4n) is 3.82. The first kappa shape index (κ1) is 17.2. The summed E-state index contributed by atoms with van der Waals surface area (Å²) in [6, 6.07) is 5.72. The van der Waals surface area contributed by atoms with Crippen LogP contribution in [0.25, 0.3) is 28.0 Å². The summed E-state index contributed by atoms with van der Waals surface area (Å²) in [4.78, 5) is 2.33. The minimum atomic E-state index is -0.157. The van der Waals surface area contributed by atoms with E-state index in [4.69, 9.17) is 19.0 Å². The van der Waals surface area contributed by atoms with Crippen LogP contribution < -0.4 is 10.3 Å². The molecule has 0 spiro atoms. The highest BCUT2D eigenvalue weighted by molar-refractivity contribution is 6.05. The maximum atomic E-state index is 9.69. The summed E-state index contributed by atoms with van der Waals surface area (Å²) in [7, 11) is 1.59. The number of nitrogens with one attached hydrogen (secondary N) is 1. The number of allylic oxidation sites excluding steroid dienone is 1. The molecular formula is C21H21N3O3. The SMILES string of the molecule is COc1c2ccoc2cc2oc(=N)c(C#N)c(/C=C(/C)N3CCCCC3)c12. The molecule has 0 aliphatic carbocycles. The van der Waals surface area contributed by atoms with Crippen molar-refractivity contribution < 1.29 is 13.6 Å². The normalized spacial score (nSPS) is 15.3. The van der Waals surface area contributed by atoms with Gasteiger partial charge in [-0.25, -0.2) is 0 Å². The van der Waals surface area contributed by atoms with Gasteiger partial charge in [-0.3, -0.25) is 5.41 Å². The smallest absolute Gasteiger partial charge is 0.230 e.